The van der Waals surface area contributed by atoms with E-state index in [1.807, 2.05) is 18.4 Å². The molecular weight excluding hydrogens is 247 g/mol. The van der Waals surface area contributed by atoms with E-state index in [0.29, 0.717) is 5.69 Å². The molecule has 1 unspecified atom stereocenters. The van der Waals surface area contributed by atoms with Gasteiger partial charge in [0, 0.05) is 22.6 Å². The lowest BCUT2D eigenvalue weighted by Gasteiger charge is -2.17. The highest BCUT2D eigenvalue weighted by Crippen LogP contribution is 2.28. The molecule has 0 saturated heterocycles. The van der Waals surface area contributed by atoms with Crippen molar-refractivity contribution in [2.24, 2.45) is 5.73 Å². The Labute approximate surface area is 111 Å². The number of benzene rings is 1. The molecule has 5 heteroatoms. The average molecular weight is 264 g/mol. The van der Waals surface area contributed by atoms with E-state index in [1.54, 1.807) is 12.1 Å². The highest BCUT2D eigenvalue weighted by Gasteiger charge is 2.23. The molecule has 2 N–H and O–H groups in total. The molecule has 1 aromatic carbocycles. The van der Waals surface area contributed by atoms with Crippen LogP contribution in [0, 0.1) is 5.82 Å². The van der Waals surface area contributed by atoms with Crippen molar-refractivity contribution in [2.75, 3.05) is 7.11 Å². The fourth-order valence-corrected chi connectivity index (χ4v) is 2.29. The van der Waals surface area contributed by atoms with Crippen molar-refractivity contribution in [3.8, 4) is 0 Å². The van der Waals surface area contributed by atoms with Crippen molar-refractivity contribution >= 4 is 16.9 Å². The van der Waals surface area contributed by atoms with Gasteiger partial charge in [-0.25, -0.2) is 9.18 Å². The molecule has 1 aromatic heterocycles. The maximum atomic E-state index is 13.3. The summed E-state index contributed by atoms with van der Waals surface area (Å²) in [5.41, 5.74) is 7.38. The van der Waals surface area contributed by atoms with Gasteiger partial charge in [-0.15, -0.1) is 0 Å². The molecule has 4 nitrogen and oxygen atoms in total. The van der Waals surface area contributed by atoms with Gasteiger partial charge in [-0.05, 0) is 38.1 Å². The number of esters is 1. The minimum atomic E-state index is -0.872. The van der Waals surface area contributed by atoms with E-state index in [-0.39, 0.29) is 11.9 Å². The second-order valence-electron chi connectivity index (χ2n) is 4.74. The molecule has 0 amide bonds. The van der Waals surface area contributed by atoms with Crippen LogP contribution in [0.1, 0.15) is 31.6 Å². The molecule has 0 bridgehead atoms. The van der Waals surface area contributed by atoms with Gasteiger partial charge in [-0.3, -0.25) is 0 Å². The summed E-state index contributed by atoms with van der Waals surface area (Å²) in [5.74, 6) is -0.822. The number of fused-ring (bicyclic) bond motifs is 1. The van der Waals surface area contributed by atoms with Crippen molar-refractivity contribution in [1.29, 1.82) is 0 Å². The standard InChI is InChI=1S/C14H17FN2O2/c1-8(2)17-11-5-4-10(15)6-9(11)7-12(17)13(16)14(18)19-3/h4-8,13H,16H2,1-3H3. The molecular formula is C14H17FN2O2. The Bertz CT molecular complexity index is 619. The predicted octanol–water partition coefficient (Wildman–Crippen LogP) is 2.53. The molecule has 0 radical (unpaired) electrons. The molecule has 0 aliphatic carbocycles. The van der Waals surface area contributed by atoms with Crippen molar-refractivity contribution < 1.29 is 13.9 Å². The van der Waals surface area contributed by atoms with Crippen LogP contribution in [0.3, 0.4) is 0 Å². The molecule has 0 aliphatic rings. The van der Waals surface area contributed by atoms with Crippen LogP contribution in [-0.2, 0) is 9.53 Å². The summed E-state index contributed by atoms with van der Waals surface area (Å²) in [7, 11) is 1.30. The van der Waals surface area contributed by atoms with Crippen molar-refractivity contribution in [2.45, 2.75) is 25.9 Å². The van der Waals surface area contributed by atoms with Crippen LogP contribution < -0.4 is 5.73 Å². The number of carbonyl (C=O) groups excluding carboxylic acids is 1. The topological polar surface area (TPSA) is 57.2 Å². The SMILES string of the molecule is COC(=O)C(N)c1cc2cc(F)ccc2n1C(C)C. The van der Waals surface area contributed by atoms with Gasteiger partial charge in [0.1, 0.15) is 11.9 Å². The minimum Gasteiger partial charge on any atom is -0.468 e. The second kappa shape index (κ2) is 5.01. The Morgan fingerprint density at radius 2 is 2.05 bits per heavy atom. The van der Waals surface area contributed by atoms with E-state index in [1.165, 1.54) is 19.2 Å². The summed E-state index contributed by atoms with van der Waals surface area (Å²) in [6.07, 6.45) is 0. The highest BCUT2D eigenvalue weighted by atomic mass is 19.1. The molecule has 2 aromatic rings. The Kier molecular flexibility index (Phi) is 3.57. The summed E-state index contributed by atoms with van der Waals surface area (Å²) in [6.45, 7) is 3.96. The zero-order valence-electron chi connectivity index (χ0n) is 11.2. The predicted molar refractivity (Wildman–Crippen MR) is 71.2 cm³/mol. The lowest BCUT2D eigenvalue weighted by Crippen LogP contribution is -2.25. The van der Waals surface area contributed by atoms with Crippen molar-refractivity contribution in [3.05, 3.63) is 35.8 Å². The molecule has 19 heavy (non-hydrogen) atoms. The first kappa shape index (κ1) is 13.5. The Hall–Kier alpha value is -1.88. The second-order valence-corrected chi connectivity index (χ2v) is 4.74. The van der Waals surface area contributed by atoms with Crippen molar-refractivity contribution in [1.82, 2.24) is 4.57 Å². The van der Waals surface area contributed by atoms with Gasteiger partial charge in [0.05, 0.1) is 7.11 Å². The Morgan fingerprint density at radius 3 is 2.63 bits per heavy atom. The van der Waals surface area contributed by atoms with E-state index in [2.05, 4.69) is 4.74 Å². The number of nitrogens with two attached hydrogens (primary N) is 1. The fourth-order valence-electron chi connectivity index (χ4n) is 2.29. The van der Waals surface area contributed by atoms with E-state index < -0.39 is 12.0 Å². The first-order valence-electron chi connectivity index (χ1n) is 6.09. The smallest absolute Gasteiger partial charge is 0.328 e. The quantitative estimate of drug-likeness (QED) is 0.867. The van der Waals surface area contributed by atoms with Crippen LogP contribution in [0.5, 0.6) is 0 Å². The Balaban J connectivity index is 2.66. The number of hydrogen-bond acceptors (Lipinski definition) is 3. The van der Waals surface area contributed by atoms with E-state index in [0.717, 1.165) is 10.9 Å². The van der Waals surface area contributed by atoms with Gasteiger partial charge in [-0.2, -0.15) is 0 Å². The normalized spacial score (nSPS) is 12.9. The number of aromatic nitrogens is 1. The van der Waals surface area contributed by atoms with Crippen molar-refractivity contribution in [3.63, 3.8) is 0 Å². The van der Waals surface area contributed by atoms with Gasteiger partial charge in [-0.1, -0.05) is 0 Å². The van der Waals surface area contributed by atoms with Crippen LogP contribution in [-0.4, -0.2) is 17.6 Å². The summed E-state index contributed by atoms with van der Waals surface area (Å²) in [5, 5.41) is 0.725. The summed E-state index contributed by atoms with van der Waals surface area (Å²) < 4.78 is 19.9. The van der Waals surface area contributed by atoms with Crippen LogP contribution in [0.15, 0.2) is 24.3 Å². The van der Waals surface area contributed by atoms with E-state index in [4.69, 9.17) is 5.73 Å². The number of rotatable bonds is 3. The number of ether oxygens (including phenoxy) is 1. The zero-order valence-corrected chi connectivity index (χ0v) is 11.2. The average Bonchev–Trinajstić information content (AvgIpc) is 2.75. The number of nitrogens with zero attached hydrogens (tertiary/aromatic N) is 1. The first-order valence-corrected chi connectivity index (χ1v) is 6.09. The van der Waals surface area contributed by atoms with Crippen LogP contribution in [0.2, 0.25) is 0 Å². The van der Waals surface area contributed by atoms with E-state index >= 15 is 0 Å². The maximum absolute atomic E-state index is 13.3. The zero-order chi connectivity index (χ0) is 14.2. The molecule has 2 rings (SSSR count). The first-order chi connectivity index (χ1) is 8.95. The number of carbonyl (C=O) groups is 1. The number of hydrogen-bond donors (Lipinski definition) is 1. The third-order valence-electron chi connectivity index (χ3n) is 3.12. The van der Waals surface area contributed by atoms with Gasteiger partial charge in [0.2, 0.25) is 0 Å². The van der Waals surface area contributed by atoms with Gasteiger partial charge < -0.3 is 15.0 Å². The Morgan fingerprint density at radius 1 is 1.37 bits per heavy atom. The highest BCUT2D eigenvalue weighted by molar-refractivity contribution is 5.85. The lowest BCUT2D eigenvalue weighted by atomic mass is 10.2. The number of halogens is 1. The molecule has 0 saturated carbocycles. The number of methoxy groups -OCH3 is 1. The molecule has 0 spiro atoms. The third kappa shape index (κ3) is 2.33. The van der Waals surface area contributed by atoms with Gasteiger partial charge in [0.25, 0.3) is 0 Å². The van der Waals surface area contributed by atoms with Crippen LogP contribution in [0.25, 0.3) is 10.9 Å². The lowest BCUT2D eigenvalue weighted by molar-refractivity contribution is -0.142. The summed E-state index contributed by atoms with van der Waals surface area (Å²) >= 11 is 0. The van der Waals surface area contributed by atoms with Crippen LogP contribution in [0.4, 0.5) is 4.39 Å². The van der Waals surface area contributed by atoms with Gasteiger partial charge >= 0.3 is 5.97 Å². The molecule has 102 valence electrons. The van der Waals surface area contributed by atoms with Gasteiger partial charge in [0.15, 0.2) is 0 Å². The molecule has 0 aliphatic heterocycles. The minimum absolute atomic E-state index is 0.105. The van der Waals surface area contributed by atoms with Crippen LogP contribution >= 0.6 is 0 Å². The summed E-state index contributed by atoms with van der Waals surface area (Å²) in [4.78, 5) is 11.6. The largest absolute Gasteiger partial charge is 0.468 e. The third-order valence-corrected chi connectivity index (χ3v) is 3.12. The monoisotopic (exact) mass is 264 g/mol. The molecule has 1 atom stereocenters. The molecule has 1 heterocycles. The van der Waals surface area contributed by atoms with E-state index in [9.17, 15) is 9.18 Å². The maximum Gasteiger partial charge on any atom is 0.328 e. The summed E-state index contributed by atoms with van der Waals surface area (Å²) in [6, 6.07) is 5.49. The molecule has 0 fully saturated rings. The fraction of sp³-hybridized carbons (Fsp3) is 0.357.